The van der Waals surface area contributed by atoms with E-state index in [1.165, 1.54) is 6.07 Å². The van der Waals surface area contributed by atoms with Crippen LogP contribution < -0.4 is 20.1 Å². The number of hydrogen-bond acceptors (Lipinski definition) is 9. The first kappa shape index (κ1) is 31.3. The highest BCUT2D eigenvalue weighted by Gasteiger charge is 2.49. The summed E-state index contributed by atoms with van der Waals surface area (Å²) in [5, 5.41) is 10.1. The van der Waals surface area contributed by atoms with Gasteiger partial charge in [0.05, 0.1) is 32.8 Å². The van der Waals surface area contributed by atoms with Crippen LogP contribution in [0.15, 0.2) is 23.8 Å². The number of nitrogens with zero attached hydrogens (tertiary/aromatic N) is 5. The number of halogens is 6. The molecule has 48 heavy (non-hydrogen) atoms. The monoisotopic (exact) mass is 702 g/mol. The number of alkyl halides is 1. The number of thiophene rings is 1. The number of nitriles is 1. The highest BCUT2D eigenvalue weighted by atomic mass is 35.5. The molecule has 8 nitrogen and oxygen atoms in total. The summed E-state index contributed by atoms with van der Waals surface area (Å²) in [4.78, 5) is 13.1. The number of nitrogens with two attached hydrogens (primary N) is 1. The maximum atomic E-state index is 17.1. The van der Waals surface area contributed by atoms with E-state index < -0.39 is 35.5 Å². The zero-order chi connectivity index (χ0) is 33.5. The van der Waals surface area contributed by atoms with E-state index in [-0.39, 0.29) is 103 Å². The van der Waals surface area contributed by atoms with Crippen molar-refractivity contribution >= 4 is 54.7 Å². The maximum absolute atomic E-state index is 17.1. The number of nitrogen functional groups attached to an aromatic ring is 1. The highest BCUT2D eigenvalue weighted by Crippen LogP contribution is 2.51. The second-order valence-corrected chi connectivity index (χ2v) is 14.2. The molecule has 250 valence electrons. The average molecular weight is 703 g/mol. The summed E-state index contributed by atoms with van der Waals surface area (Å²) < 4.78 is 86.2. The number of ether oxygens (including phenoxy) is 2. The summed E-state index contributed by atoms with van der Waals surface area (Å²) in [5.74, 6) is -1.25. The van der Waals surface area contributed by atoms with Crippen molar-refractivity contribution in [2.24, 2.45) is 0 Å². The lowest BCUT2D eigenvalue weighted by Gasteiger charge is -2.31. The fraction of sp³-hybridized carbons (Fsp3) is 0.424. The van der Waals surface area contributed by atoms with Crippen molar-refractivity contribution in [2.75, 3.05) is 43.5 Å². The van der Waals surface area contributed by atoms with Gasteiger partial charge >= 0.3 is 6.01 Å². The van der Waals surface area contributed by atoms with E-state index in [0.717, 1.165) is 36.8 Å². The smallest absolute Gasteiger partial charge is 0.319 e. The van der Waals surface area contributed by atoms with E-state index in [4.69, 9.17) is 31.8 Å². The van der Waals surface area contributed by atoms with Crippen LogP contribution >= 0.6 is 22.9 Å². The third-order valence-corrected chi connectivity index (χ3v) is 11.6. The van der Waals surface area contributed by atoms with Crippen LogP contribution in [0.25, 0.3) is 32.1 Å². The van der Waals surface area contributed by atoms with Gasteiger partial charge in [0.2, 0.25) is 0 Å². The Bertz CT molecular complexity index is 2080. The first-order chi connectivity index (χ1) is 23.1. The summed E-state index contributed by atoms with van der Waals surface area (Å²) in [6, 6.07) is 3.91. The molecule has 0 bridgehead atoms. The molecule has 2 aromatic carbocycles. The number of benzene rings is 2. The normalized spacial score (nSPS) is 23.9. The van der Waals surface area contributed by atoms with Crippen molar-refractivity contribution in [3.63, 3.8) is 0 Å². The minimum Gasteiger partial charge on any atom is -0.489 e. The lowest BCUT2D eigenvalue weighted by molar-refractivity contribution is 0.107. The van der Waals surface area contributed by atoms with E-state index in [1.807, 2.05) is 11.0 Å². The molecule has 1 aliphatic carbocycles. The number of aromatic nitrogens is 2. The zero-order valence-corrected chi connectivity index (χ0v) is 27.0. The number of anilines is 2. The molecule has 15 heteroatoms. The highest BCUT2D eigenvalue weighted by molar-refractivity contribution is 7.23. The van der Waals surface area contributed by atoms with Gasteiger partial charge in [-0.25, -0.2) is 13.2 Å². The Labute approximate surface area is 280 Å². The van der Waals surface area contributed by atoms with Crippen molar-refractivity contribution < 1.29 is 31.4 Å². The molecule has 2 aromatic heterocycles. The summed E-state index contributed by atoms with van der Waals surface area (Å²) >= 11 is 7.83. The molecule has 8 rings (SSSR count). The number of rotatable bonds is 5. The topological polar surface area (TPSA) is 101 Å². The second kappa shape index (κ2) is 11.6. The maximum Gasteiger partial charge on any atom is 0.319 e. The van der Waals surface area contributed by atoms with Gasteiger partial charge in [-0.15, -0.1) is 11.3 Å². The van der Waals surface area contributed by atoms with Gasteiger partial charge in [-0.3, -0.25) is 4.90 Å². The molecule has 4 aromatic rings. The third kappa shape index (κ3) is 4.76. The molecule has 1 saturated carbocycles. The molecule has 3 aliphatic heterocycles. The molecular weight excluding hydrogens is 675 g/mol. The van der Waals surface area contributed by atoms with Crippen LogP contribution in [-0.4, -0.2) is 65.5 Å². The Kier molecular flexibility index (Phi) is 7.57. The summed E-state index contributed by atoms with van der Waals surface area (Å²) in [6.45, 7) is 1.41. The van der Waals surface area contributed by atoms with Gasteiger partial charge in [0.25, 0.3) is 6.08 Å². The fourth-order valence-electron chi connectivity index (χ4n) is 8.01. The van der Waals surface area contributed by atoms with Crippen LogP contribution in [0, 0.1) is 23.0 Å². The molecule has 1 unspecified atom stereocenters. The summed E-state index contributed by atoms with van der Waals surface area (Å²) in [5.41, 5.74) is 5.29. The van der Waals surface area contributed by atoms with Crippen molar-refractivity contribution in [1.82, 2.24) is 14.9 Å². The van der Waals surface area contributed by atoms with Gasteiger partial charge in [-0.05, 0) is 55.9 Å². The van der Waals surface area contributed by atoms with E-state index in [0.29, 0.717) is 19.4 Å². The van der Waals surface area contributed by atoms with E-state index in [2.05, 4.69) is 9.88 Å². The number of fused-ring (bicyclic) bond motifs is 2. The zero-order valence-electron chi connectivity index (χ0n) is 25.4. The SMILES string of the molecule is N#Cc1c(N)sc2c(F)ccc(-c3c(Cl)c4c5c(nc(OC[C@@]67CCCN6C[C@H](F)C7)nc5c3F)N(C3CCC(=C(F)F)C3)CCO4)c12. The second-order valence-electron chi connectivity index (χ2n) is 12.8. The molecule has 0 spiro atoms. The lowest BCUT2D eigenvalue weighted by atomic mass is 9.95. The molecule has 2 saturated heterocycles. The Morgan fingerprint density at radius 3 is 2.83 bits per heavy atom. The van der Waals surface area contributed by atoms with Crippen LogP contribution in [0.2, 0.25) is 5.02 Å². The predicted molar refractivity (Wildman–Crippen MR) is 173 cm³/mol. The molecule has 4 aliphatic rings. The Morgan fingerprint density at radius 1 is 1.23 bits per heavy atom. The third-order valence-electron chi connectivity index (χ3n) is 10.2. The fourth-order valence-corrected chi connectivity index (χ4v) is 9.29. The van der Waals surface area contributed by atoms with Crippen LogP contribution in [0.3, 0.4) is 0 Å². The van der Waals surface area contributed by atoms with Crippen LogP contribution in [0.1, 0.15) is 44.1 Å². The average Bonchev–Trinajstić information content (AvgIpc) is 3.81. The van der Waals surface area contributed by atoms with Crippen molar-refractivity contribution in [3.05, 3.63) is 46.0 Å². The van der Waals surface area contributed by atoms with Crippen LogP contribution in [-0.2, 0) is 0 Å². The first-order valence-electron chi connectivity index (χ1n) is 15.7. The molecule has 3 atom stereocenters. The minimum absolute atomic E-state index is 0.0151. The Morgan fingerprint density at radius 2 is 2.06 bits per heavy atom. The Balaban J connectivity index is 1.34. The molecular formula is C33H28ClF5N6O2S. The Hall–Kier alpha value is -3.93. The van der Waals surface area contributed by atoms with E-state index in [1.54, 1.807) is 0 Å². The lowest BCUT2D eigenvalue weighted by Crippen LogP contribution is -2.43. The van der Waals surface area contributed by atoms with Gasteiger partial charge in [-0.1, -0.05) is 17.7 Å². The minimum atomic E-state index is -1.71. The van der Waals surface area contributed by atoms with E-state index >= 15 is 4.39 Å². The molecule has 3 fully saturated rings. The van der Waals surface area contributed by atoms with Crippen LogP contribution in [0.4, 0.5) is 32.8 Å². The molecule has 0 amide bonds. The summed E-state index contributed by atoms with van der Waals surface area (Å²) in [6.07, 6.45) is -0.0854. The van der Waals surface area contributed by atoms with Gasteiger partial charge < -0.3 is 20.1 Å². The molecule has 5 heterocycles. The van der Waals surface area contributed by atoms with E-state index in [9.17, 15) is 22.8 Å². The van der Waals surface area contributed by atoms with Gasteiger partial charge in [0.15, 0.2) is 11.6 Å². The van der Waals surface area contributed by atoms with Crippen molar-refractivity contribution in [2.45, 2.75) is 56.3 Å². The van der Waals surface area contributed by atoms with Crippen molar-refractivity contribution in [1.29, 1.82) is 5.26 Å². The molecule has 0 radical (unpaired) electrons. The molecule has 2 N–H and O–H groups in total. The van der Waals surface area contributed by atoms with Gasteiger partial charge in [0.1, 0.15) is 47.6 Å². The predicted octanol–water partition coefficient (Wildman–Crippen LogP) is 7.75. The number of hydrogen-bond donors (Lipinski definition) is 1. The summed E-state index contributed by atoms with van der Waals surface area (Å²) in [7, 11) is 0. The first-order valence-corrected chi connectivity index (χ1v) is 16.9. The van der Waals surface area contributed by atoms with Crippen molar-refractivity contribution in [3.8, 4) is 29.0 Å². The van der Waals surface area contributed by atoms with Gasteiger partial charge in [0, 0.05) is 30.0 Å². The standard InChI is InChI=1S/C33H28ClF5N6O2S/c34-24-22(18-4-5-20(36)28-21(18)19(12-40)30(41)48-28)25(37)26-23-27(24)46-9-8-45(17-3-2-15(10-17)29(38)39)31(23)43-32(42-26)47-14-33-6-1-7-44(33)13-16(35)11-33/h4-5,16-17H,1-3,6-11,13-14,41H2/t16-,17?,33+/m1/s1. The van der Waals surface area contributed by atoms with Gasteiger partial charge in [-0.2, -0.15) is 24.0 Å². The quantitative estimate of drug-likeness (QED) is 0.211. The van der Waals surface area contributed by atoms with Crippen LogP contribution in [0.5, 0.6) is 11.8 Å². The largest absolute Gasteiger partial charge is 0.489 e.